The number of hydrogen-bond acceptors (Lipinski definition) is 5. The Morgan fingerprint density at radius 3 is 2.20 bits per heavy atom. The third-order valence-corrected chi connectivity index (χ3v) is 4.07. The van der Waals surface area contributed by atoms with Gasteiger partial charge in [-0.3, -0.25) is 0 Å². The fraction of sp³-hybridized carbons (Fsp3) is 0.158. The Labute approximate surface area is 150 Å². The normalized spacial score (nSPS) is 16.6. The number of nitrogens with one attached hydrogen (secondary N) is 1. The van der Waals surface area contributed by atoms with Gasteiger partial charge in [0.15, 0.2) is 5.38 Å². The molecule has 0 aliphatic carbocycles. The molecule has 1 aliphatic rings. The van der Waals surface area contributed by atoms with Gasteiger partial charge in [0.1, 0.15) is 5.70 Å². The fourth-order valence-corrected chi connectivity index (χ4v) is 2.42. The predicted octanol–water partition coefficient (Wildman–Crippen LogP) is 3.91. The van der Waals surface area contributed by atoms with Crippen LogP contribution < -0.4 is 5.32 Å². The van der Waals surface area contributed by atoms with Gasteiger partial charge >= 0.3 is 17.9 Å². The van der Waals surface area contributed by atoms with Gasteiger partial charge in [0, 0.05) is 5.69 Å². The molecule has 3 rings (SSSR count). The molecule has 2 aromatic carbocycles. The number of aryl methyl sites for hydroxylation is 2. The molecule has 0 spiro atoms. The number of carbonyl (C=O) groups is 2. The van der Waals surface area contributed by atoms with Crippen LogP contribution in [0.4, 0.5) is 5.69 Å². The third-order valence-electron chi connectivity index (χ3n) is 3.68. The Morgan fingerprint density at radius 2 is 1.60 bits per heavy atom. The predicted molar refractivity (Wildman–Crippen MR) is 94.2 cm³/mol. The van der Waals surface area contributed by atoms with Crippen LogP contribution in [0.15, 0.2) is 60.2 Å². The molecule has 1 aliphatic heterocycles. The summed E-state index contributed by atoms with van der Waals surface area (Å²) in [5, 5.41) is 1.92. The first-order chi connectivity index (χ1) is 11.9. The van der Waals surface area contributed by atoms with Gasteiger partial charge < -0.3 is 14.8 Å². The molecule has 1 heterocycles. The molecule has 0 fully saturated rings. The maximum absolute atomic E-state index is 12.2. The number of cyclic esters (lactones) is 1. The number of hydrogen-bond donors (Lipinski definition) is 1. The molecule has 2 aromatic rings. The summed E-state index contributed by atoms with van der Waals surface area (Å²) in [6, 6.07) is 14.3. The summed E-state index contributed by atoms with van der Waals surface area (Å²) in [5.74, 6) is -1.55. The largest absolute Gasteiger partial charge is 0.390 e. The molecule has 5 nitrogen and oxygen atoms in total. The Morgan fingerprint density at radius 1 is 1.04 bits per heavy atom. The molecule has 0 saturated carbocycles. The summed E-state index contributed by atoms with van der Waals surface area (Å²) in [7, 11) is 0. The van der Waals surface area contributed by atoms with Crippen molar-refractivity contribution >= 4 is 29.2 Å². The van der Waals surface area contributed by atoms with Crippen molar-refractivity contribution in [2.24, 2.45) is 0 Å². The number of esters is 2. The third kappa shape index (κ3) is 3.83. The van der Waals surface area contributed by atoms with Crippen LogP contribution in [-0.4, -0.2) is 17.3 Å². The molecule has 1 N–H and O–H groups in total. The van der Waals surface area contributed by atoms with Crippen molar-refractivity contribution in [1.82, 2.24) is 0 Å². The zero-order valence-corrected chi connectivity index (χ0v) is 14.5. The fourth-order valence-electron chi connectivity index (χ4n) is 2.23. The van der Waals surface area contributed by atoms with E-state index in [1.54, 1.807) is 24.3 Å². The lowest BCUT2D eigenvalue weighted by atomic mass is 10.1. The number of alkyl halides is 1. The average molecular weight is 358 g/mol. The highest BCUT2D eigenvalue weighted by molar-refractivity contribution is 6.33. The first-order valence-corrected chi connectivity index (χ1v) is 8.10. The molecule has 0 aromatic heterocycles. The molecule has 1 unspecified atom stereocenters. The number of carbonyl (C=O) groups excluding carboxylic acids is 2. The summed E-state index contributed by atoms with van der Waals surface area (Å²) in [5.41, 5.74) is 3.36. The van der Waals surface area contributed by atoms with E-state index in [4.69, 9.17) is 21.1 Å². The average Bonchev–Trinajstić information content (AvgIpc) is 2.85. The summed E-state index contributed by atoms with van der Waals surface area (Å²) in [6.45, 7) is 3.88. The lowest BCUT2D eigenvalue weighted by molar-refractivity contribution is -0.139. The Balaban J connectivity index is 1.83. The highest BCUT2D eigenvalue weighted by atomic mass is 35.5. The highest BCUT2D eigenvalue weighted by Crippen LogP contribution is 2.28. The highest BCUT2D eigenvalue weighted by Gasteiger charge is 2.37. The van der Waals surface area contributed by atoms with Crippen LogP contribution in [-0.2, 0) is 14.3 Å². The standard InChI is InChI=1S/C19H16ClNO4/c1-11-3-7-13(8-4-11)17(22)24-19-16(15(20)18(23)25-19)21-14-9-5-12(2)6-10-14/h3-10,15,21H,1-2H3. The van der Waals surface area contributed by atoms with E-state index in [1.165, 1.54) is 0 Å². The summed E-state index contributed by atoms with van der Waals surface area (Å²) in [6.07, 6.45) is 0. The number of ether oxygens (including phenoxy) is 2. The molecule has 128 valence electrons. The van der Waals surface area contributed by atoms with E-state index in [0.29, 0.717) is 11.3 Å². The van der Waals surface area contributed by atoms with Crippen molar-refractivity contribution in [1.29, 1.82) is 0 Å². The van der Waals surface area contributed by atoms with Crippen molar-refractivity contribution in [3.8, 4) is 0 Å². The van der Waals surface area contributed by atoms with Gasteiger partial charge in [-0.25, -0.2) is 9.59 Å². The zero-order valence-electron chi connectivity index (χ0n) is 13.7. The number of halogens is 1. The van der Waals surface area contributed by atoms with Crippen LogP contribution in [0.5, 0.6) is 0 Å². The van der Waals surface area contributed by atoms with E-state index in [1.807, 2.05) is 38.1 Å². The van der Waals surface area contributed by atoms with Crippen LogP contribution >= 0.6 is 11.6 Å². The van der Waals surface area contributed by atoms with Crippen LogP contribution in [0, 0.1) is 13.8 Å². The smallest absolute Gasteiger partial charge is 0.345 e. The van der Waals surface area contributed by atoms with Gasteiger partial charge in [0.25, 0.3) is 0 Å². The maximum Gasteiger partial charge on any atom is 0.345 e. The van der Waals surface area contributed by atoms with Crippen LogP contribution in [0.2, 0.25) is 0 Å². The van der Waals surface area contributed by atoms with Gasteiger partial charge in [0.2, 0.25) is 0 Å². The quantitative estimate of drug-likeness (QED) is 0.664. The Bertz CT molecular complexity index is 841. The van der Waals surface area contributed by atoms with E-state index in [0.717, 1.165) is 11.1 Å². The van der Waals surface area contributed by atoms with Gasteiger partial charge in [-0.15, -0.1) is 11.6 Å². The molecule has 0 radical (unpaired) electrons. The molecule has 25 heavy (non-hydrogen) atoms. The summed E-state index contributed by atoms with van der Waals surface area (Å²) >= 11 is 6.07. The molecule has 0 bridgehead atoms. The van der Waals surface area contributed by atoms with E-state index in [9.17, 15) is 9.59 Å². The lowest BCUT2D eigenvalue weighted by Gasteiger charge is -2.10. The summed E-state index contributed by atoms with van der Waals surface area (Å²) < 4.78 is 10.2. The van der Waals surface area contributed by atoms with Crippen LogP contribution in [0.25, 0.3) is 0 Å². The molecule has 0 saturated heterocycles. The van der Waals surface area contributed by atoms with E-state index < -0.39 is 17.3 Å². The van der Waals surface area contributed by atoms with Crippen molar-refractivity contribution < 1.29 is 19.1 Å². The number of rotatable bonds is 4. The number of anilines is 1. The van der Waals surface area contributed by atoms with Crippen molar-refractivity contribution in [2.75, 3.05) is 5.32 Å². The number of benzene rings is 2. The van der Waals surface area contributed by atoms with Gasteiger partial charge in [-0.1, -0.05) is 35.4 Å². The van der Waals surface area contributed by atoms with E-state index >= 15 is 0 Å². The second kappa shape index (κ2) is 6.99. The monoisotopic (exact) mass is 357 g/mol. The van der Waals surface area contributed by atoms with E-state index in [-0.39, 0.29) is 11.6 Å². The first-order valence-electron chi connectivity index (χ1n) is 7.66. The van der Waals surface area contributed by atoms with Gasteiger partial charge in [0.05, 0.1) is 5.56 Å². The first kappa shape index (κ1) is 17.0. The molecule has 0 amide bonds. The van der Waals surface area contributed by atoms with Crippen molar-refractivity contribution in [2.45, 2.75) is 19.2 Å². The Kier molecular flexibility index (Phi) is 4.76. The minimum Gasteiger partial charge on any atom is -0.390 e. The van der Waals surface area contributed by atoms with E-state index in [2.05, 4.69) is 5.32 Å². The second-order valence-electron chi connectivity index (χ2n) is 5.73. The Hall–Kier alpha value is -2.79. The van der Waals surface area contributed by atoms with Crippen LogP contribution in [0.3, 0.4) is 0 Å². The van der Waals surface area contributed by atoms with Crippen LogP contribution in [0.1, 0.15) is 21.5 Å². The molecule has 1 atom stereocenters. The molecular weight excluding hydrogens is 342 g/mol. The van der Waals surface area contributed by atoms with Gasteiger partial charge in [-0.05, 0) is 38.1 Å². The maximum atomic E-state index is 12.2. The summed E-state index contributed by atoms with van der Waals surface area (Å²) in [4.78, 5) is 24.0. The van der Waals surface area contributed by atoms with Crippen molar-refractivity contribution in [3.63, 3.8) is 0 Å². The SMILES string of the molecule is Cc1ccc(NC2=C(OC(=O)c3ccc(C)cc3)OC(=O)C2Cl)cc1. The topological polar surface area (TPSA) is 64.6 Å². The lowest BCUT2D eigenvalue weighted by Crippen LogP contribution is -2.15. The zero-order chi connectivity index (χ0) is 18.0. The molecular formula is C19H16ClNO4. The minimum absolute atomic E-state index is 0.205. The molecule has 6 heteroatoms. The second-order valence-corrected chi connectivity index (χ2v) is 6.17. The minimum atomic E-state index is -1.07. The van der Waals surface area contributed by atoms with Crippen molar-refractivity contribution in [3.05, 3.63) is 76.9 Å². The van der Waals surface area contributed by atoms with Gasteiger partial charge in [-0.2, -0.15) is 0 Å².